The number of nitrogens with one attached hydrogen (secondary N) is 1. The monoisotopic (exact) mass is 441 g/mol. The smallest absolute Gasteiger partial charge is 0.354 e. The predicted molar refractivity (Wildman–Crippen MR) is 123 cm³/mol. The Kier molecular flexibility index (Phi) is 5.21. The molecule has 0 amide bonds. The van der Waals surface area contributed by atoms with E-state index in [0.717, 1.165) is 45.6 Å². The summed E-state index contributed by atoms with van der Waals surface area (Å²) >= 11 is 0. The van der Waals surface area contributed by atoms with Gasteiger partial charge in [0.2, 0.25) is 5.82 Å². The van der Waals surface area contributed by atoms with Crippen molar-refractivity contribution in [3.05, 3.63) is 77.2 Å². The number of aromatic amines is 1. The topological polar surface area (TPSA) is 114 Å². The Morgan fingerprint density at radius 3 is 2.42 bits per heavy atom. The summed E-state index contributed by atoms with van der Waals surface area (Å²) in [6.45, 7) is 4.42. The number of aryl methyl sites for hydroxylation is 2. The Morgan fingerprint density at radius 1 is 1.03 bits per heavy atom. The molecule has 2 aromatic carbocycles. The highest BCUT2D eigenvalue weighted by Gasteiger charge is 2.23. The molecule has 0 aliphatic heterocycles. The molecule has 166 valence electrons. The molecule has 2 N–H and O–H groups in total. The van der Waals surface area contributed by atoms with Gasteiger partial charge in [0.1, 0.15) is 0 Å². The maximum absolute atomic E-state index is 12.1. The van der Waals surface area contributed by atoms with E-state index in [9.17, 15) is 9.90 Å². The van der Waals surface area contributed by atoms with Gasteiger partial charge in [0, 0.05) is 11.1 Å². The van der Waals surface area contributed by atoms with E-state index >= 15 is 0 Å². The molecule has 3 heterocycles. The molecule has 9 nitrogen and oxygen atoms in total. The molecule has 0 aliphatic rings. The van der Waals surface area contributed by atoms with Crippen molar-refractivity contribution in [3.63, 3.8) is 0 Å². The molecular weight excluding hydrogens is 418 g/mol. The fourth-order valence-corrected chi connectivity index (χ4v) is 4.24. The molecule has 0 saturated heterocycles. The number of rotatable bonds is 7. The second-order valence-corrected chi connectivity index (χ2v) is 7.78. The maximum Gasteiger partial charge on any atom is 0.354 e. The van der Waals surface area contributed by atoms with Crippen LogP contribution in [0, 0.1) is 0 Å². The Hall–Kier alpha value is -4.27. The molecule has 0 fully saturated rings. The average molecular weight is 441 g/mol. The first-order valence-electron chi connectivity index (χ1n) is 10.9. The van der Waals surface area contributed by atoms with Crippen LogP contribution in [-0.4, -0.2) is 45.9 Å². The minimum Gasteiger partial charge on any atom is -0.477 e. The number of aromatic carboxylic acids is 1. The number of aromatic nitrogens is 7. The fourth-order valence-electron chi connectivity index (χ4n) is 4.24. The first-order chi connectivity index (χ1) is 16.1. The highest BCUT2D eigenvalue weighted by molar-refractivity contribution is 5.90. The molecule has 0 radical (unpaired) electrons. The molecule has 0 aliphatic carbocycles. The van der Waals surface area contributed by atoms with E-state index in [-0.39, 0.29) is 5.69 Å². The molecule has 0 unspecified atom stereocenters. The van der Waals surface area contributed by atoms with Crippen molar-refractivity contribution in [2.75, 3.05) is 0 Å². The quantitative estimate of drug-likeness (QED) is 0.396. The van der Waals surface area contributed by atoms with E-state index in [2.05, 4.69) is 25.6 Å². The molecule has 9 heteroatoms. The summed E-state index contributed by atoms with van der Waals surface area (Å²) in [5.74, 6) is -0.407. The normalized spacial score (nSPS) is 11.3. The number of nitrogens with zero attached hydrogens (tertiary/aromatic N) is 6. The highest BCUT2D eigenvalue weighted by Crippen LogP contribution is 2.30. The van der Waals surface area contributed by atoms with Crippen molar-refractivity contribution in [2.24, 2.45) is 0 Å². The fraction of sp³-hybridized carbons (Fsp3) is 0.208. The number of hydrogen-bond acceptors (Lipinski definition) is 5. The molecule has 5 rings (SSSR count). The number of carboxylic acids is 1. The molecule has 0 saturated carbocycles. The van der Waals surface area contributed by atoms with Gasteiger partial charge >= 0.3 is 5.97 Å². The van der Waals surface area contributed by atoms with Crippen molar-refractivity contribution < 1.29 is 9.90 Å². The van der Waals surface area contributed by atoms with E-state index in [1.165, 1.54) is 0 Å². The second kappa shape index (κ2) is 8.34. The number of benzene rings is 2. The van der Waals surface area contributed by atoms with Gasteiger partial charge in [-0.15, -0.1) is 10.2 Å². The van der Waals surface area contributed by atoms with Gasteiger partial charge in [0.25, 0.3) is 0 Å². The summed E-state index contributed by atoms with van der Waals surface area (Å²) in [7, 11) is 0. The summed E-state index contributed by atoms with van der Waals surface area (Å²) in [6.07, 6.45) is 3.32. The first kappa shape index (κ1) is 20.6. The van der Waals surface area contributed by atoms with Crippen LogP contribution in [0.15, 0.2) is 54.7 Å². The molecule has 33 heavy (non-hydrogen) atoms. The number of hydrogen-bond donors (Lipinski definition) is 2. The number of carboxylic acid groups (broad SMARTS) is 1. The van der Waals surface area contributed by atoms with Crippen molar-refractivity contribution in [3.8, 4) is 22.5 Å². The summed E-state index contributed by atoms with van der Waals surface area (Å²) in [6, 6.07) is 16.0. The number of carbonyl (C=O) groups is 1. The van der Waals surface area contributed by atoms with Gasteiger partial charge in [-0.25, -0.2) is 14.3 Å². The largest absolute Gasteiger partial charge is 0.477 e. The van der Waals surface area contributed by atoms with Gasteiger partial charge in [-0.3, -0.25) is 4.68 Å². The van der Waals surface area contributed by atoms with Gasteiger partial charge in [0.15, 0.2) is 11.3 Å². The molecule has 5 aromatic rings. The van der Waals surface area contributed by atoms with Gasteiger partial charge in [0.05, 0.1) is 18.4 Å². The average Bonchev–Trinajstić information content (AvgIpc) is 3.56. The lowest BCUT2D eigenvalue weighted by Crippen LogP contribution is -2.15. The lowest BCUT2D eigenvalue weighted by Gasteiger charge is -2.11. The van der Waals surface area contributed by atoms with Crippen LogP contribution in [0.1, 0.15) is 41.2 Å². The summed E-state index contributed by atoms with van der Waals surface area (Å²) in [5.41, 5.74) is 6.59. The van der Waals surface area contributed by atoms with Crippen LogP contribution in [0.3, 0.4) is 0 Å². The molecule has 3 aromatic heterocycles. The van der Waals surface area contributed by atoms with Crippen LogP contribution in [0.2, 0.25) is 0 Å². The van der Waals surface area contributed by atoms with Crippen molar-refractivity contribution in [1.82, 2.24) is 34.8 Å². The molecule has 0 atom stereocenters. The zero-order chi connectivity index (χ0) is 22.9. The number of tetrazole rings is 1. The van der Waals surface area contributed by atoms with Crippen molar-refractivity contribution >= 4 is 11.6 Å². The zero-order valence-electron chi connectivity index (χ0n) is 18.4. The third-order valence-electron chi connectivity index (χ3n) is 5.84. The zero-order valence-corrected chi connectivity index (χ0v) is 18.4. The minimum atomic E-state index is -0.943. The van der Waals surface area contributed by atoms with E-state index < -0.39 is 5.97 Å². The van der Waals surface area contributed by atoms with E-state index in [1.807, 2.05) is 73.1 Å². The SMILES string of the molecule is CCc1cn2c(n1)c(CC)c(C(=O)O)n2Cc1ccc(-c2ccccc2-c2nn[nH]n2)cc1. The Bertz CT molecular complexity index is 1430. The highest BCUT2D eigenvalue weighted by atomic mass is 16.4. The van der Waals surface area contributed by atoms with Crippen LogP contribution in [-0.2, 0) is 19.4 Å². The van der Waals surface area contributed by atoms with E-state index in [0.29, 0.717) is 18.8 Å². The minimum absolute atomic E-state index is 0.286. The first-order valence-corrected chi connectivity index (χ1v) is 10.9. The number of imidazole rings is 1. The summed E-state index contributed by atoms with van der Waals surface area (Å²) < 4.78 is 3.67. The van der Waals surface area contributed by atoms with Crippen molar-refractivity contribution in [1.29, 1.82) is 0 Å². The maximum atomic E-state index is 12.1. The third kappa shape index (κ3) is 3.57. The van der Waals surface area contributed by atoms with E-state index in [1.54, 1.807) is 4.68 Å². The van der Waals surface area contributed by atoms with Gasteiger partial charge in [-0.1, -0.05) is 62.4 Å². The van der Waals surface area contributed by atoms with E-state index in [4.69, 9.17) is 0 Å². The van der Waals surface area contributed by atoms with Crippen molar-refractivity contribution in [2.45, 2.75) is 33.2 Å². The van der Waals surface area contributed by atoms with Crippen LogP contribution >= 0.6 is 0 Å². The number of fused-ring (bicyclic) bond motifs is 1. The lowest BCUT2D eigenvalue weighted by molar-refractivity contribution is 0.0682. The Balaban J connectivity index is 1.53. The van der Waals surface area contributed by atoms with Crippen LogP contribution in [0.5, 0.6) is 0 Å². The Labute approximate surface area is 189 Å². The van der Waals surface area contributed by atoms with Gasteiger partial charge in [-0.05, 0) is 34.7 Å². The standard InChI is InChI=1S/C24H23N7O2/c1-3-17-14-31-23(25-17)18(4-2)21(24(32)33)30(31)13-15-9-11-16(12-10-15)19-7-5-6-8-20(19)22-26-28-29-27-22/h5-12,14H,3-4,13H2,1-2H3,(H,32,33)(H,26,27,28,29). The second-order valence-electron chi connectivity index (χ2n) is 7.78. The van der Waals surface area contributed by atoms with Crippen LogP contribution in [0.25, 0.3) is 28.2 Å². The predicted octanol–water partition coefficient (Wildman–Crippen LogP) is 3.85. The van der Waals surface area contributed by atoms with Crippen LogP contribution in [0.4, 0.5) is 0 Å². The van der Waals surface area contributed by atoms with Gasteiger partial charge < -0.3 is 5.11 Å². The Morgan fingerprint density at radius 2 is 1.79 bits per heavy atom. The summed E-state index contributed by atoms with van der Waals surface area (Å²) in [4.78, 5) is 16.8. The van der Waals surface area contributed by atoms with Gasteiger partial charge in [-0.2, -0.15) is 5.21 Å². The van der Waals surface area contributed by atoms with Crippen LogP contribution < -0.4 is 0 Å². The molecule has 0 bridgehead atoms. The number of H-pyrrole nitrogens is 1. The third-order valence-corrected chi connectivity index (χ3v) is 5.84. The molecule has 0 spiro atoms. The summed E-state index contributed by atoms with van der Waals surface area (Å²) in [5, 5.41) is 24.3. The lowest BCUT2D eigenvalue weighted by atomic mass is 9.98. The molecular formula is C24H23N7O2.